The van der Waals surface area contributed by atoms with Crippen LogP contribution in [0.4, 0.5) is 0 Å². The third-order valence-corrected chi connectivity index (χ3v) is 2.38. The molecule has 0 aliphatic heterocycles. The number of allylic oxidation sites excluding steroid dienone is 3. The second-order valence-corrected chi connectivity index (χ2v) is 3.46. The van der Waals surface area contributed by atoms with Crippen molar-refractivity contribution in [3.05, 3.63) is 24.5 Å². The lowest BCUT2D eigenvalue weighted by Crippen LogP contribution is -2.15. The van der Waals surface area contributed by atoms with E-state index in [0.29, 0.717) is 12.2 Å². The van der Waals surface area contributed by atoms with Crippen LogP contribution in [0, 0.1) is 11.8 Å². The molecule has 0 aromatic rings. The van der Waals surface area contributed by atoms with Crippen molar-refractivity contribution in [3.8, 4) is 0 Å². The van der Waals surface area contributed by atoms with Gasteiger partial charge in [-0.15, -0.1) is 6.58 Å². The van der Waals surface area contributed by atoms with Crippen LogP contribution in [0.2, 0.25) is 0 Å². The van der Waals surface area contributed by atoms with Gasteiger partial charge in [0, 0.05) is 24.8 Å². The van der Waals surface area contributed by atoms with Crippen molar-refractivity contribution in [1.29, 1.82) is 0 Å². The maximum atomic E-state index is 11.5. The molecule has 1 rings (SSSR count). The van der Waals surface area contributed by atoms with E-state index in [-0.39, 0.29) is 23.6 Å². The van der Waals surface area contributed by atoms with E-state index in [0.717, 1.165) is 0 Å². The van der Waals surface area contributed by atoms with Gasteiger partial charge in [-0.2, -0.15) is 0 Å². The molecule has 0 saturated heterocycles. The molecule has 1 aliphatic carbocycles. The summed E-state index contributed by atoms with van der Waals surface area (Å²) < 4.78 is 4.94. The van der Waals surface area contributed by atoms with Gasteiger partial charge in [-0.3, -0.25) is 9.59 Å². The molecule has 0 radical (unpaired) electrons. The second-order valence-electron chi connectivity index (χ2n) is 3.46. The average Bonchev–Trinajstić information content (AvgIpc) is 2.32. The molecule has 0 N–H and O–H groups in total. The summed E-state index contributed by atoms with van der Waals surface area (Å²) in [6, 6.07) is 0. The Bertz CT molecular complexity index is 302. The minimum Gasteiger partial charge on any atom is -0.431 e. The van der Waals surface area contributed by atoms with Gasteiger partial charge in [0.15, 0.2) is 5.78 Å². The second kappa shape index (κ2) is 4.22. The highest BCUT2D eigenvalue weighted by Gasteiger charge is 2.33. The summed E-state index contributed by atoms with van der Waals surface area (Å²) in [5, 5.41) is 0. The Morgan fingerprint density at radius 2 is 2.36 bits per heavy atom. The van der Waals surface area contributed by atoms with Crippen LogP contribution in [0.1, 0.15) is 20.3 Å². The van der Waals surface area contributed by atoms with Crippen molar-refractivity contribution in [2.75, 3.05) is 0 Å². The number of ketones is 1. The summed E-state index contributed by atoms with van der Waals surface area (Å²) in [5.41, 5.74) is 0. The van der Waals surface area contributed by atoms with Crippen molar-refractivity contribution in [2.45, 2.75) is 20.3 Å². The highest BCUT2D eigenvalue weighted by atomic mass is 16.5. The molecule has 0 bridgehead atoms. The minimum atomic E-state index is -0.379. The third-order valence-electron chi connectivity index (χ3n) is 2.38. The Kier molecular flexibility index (Phi) is 3.23. The van der Waals surface area contributed by atoms with Gasteiger partial charge in [-0.05, 0) is 6.42 Å². The van der Waals surface area contributed by atoms with Gasteiger partial charge < -0.3 is 4.74 Å². The van der Waals surface area contributed by atoms with Crippen molar-refractivity contribution < 1.29 is 14.3 Å². The Morgan fingerprint density at radius 1 is 1.71 bits per heavy atom. The summed E-state index contributed by atoms with van der Waals surface area (Å²) >= 11 is 0. The average molecular weight is 194 g/mol. The molecule has 0 aromatic heterocycles. The van der Waals surface area contributed by atoms with E-state index in [2.05, 4.69) is 6.58 Å². The molecule has 76 valence electrons. The maximum Gasteiger partial charge on any atom is 0.307 e. The van der Waals surface area contributed by atoms with Gasteiger partial charge in [0.25, 0.3) is 0 Å². The van der Waals surface area contributed by atoms with E-state index in [1.54, 1.807) is 6.08 Å². The quantitative estimate of drug-likeness (QED) is 0.508. The Morgan fingerprint density at radius 3 is 2.86 bits per heavy atom. The molecule has 2 atom stereocenters. The van der Waals surface area contributed by atoms with Gasteiger partial charge in [0.1, 0.15) is 5.76 Å². The van der Waals surface area contributed by atoms with Crippen molar-refractivity contribution in [3.63, 3.8) is 0 Å². The summed E-state index contributed by atoms with van der Waals surface area (Å²) in [4.78, 5) is 22.2. The molecule has 0 fully saturated rings. The fraction of sp³-hybridized carbons (Fsp3) is 0.455. The molecule has 0 heterocycles. The molecule has 0 aromatic carbocycles. The van der Waals surface area contributed by atoms with Crippen LogP contribution in [0.15, 0.2) is 24.5 Å². The first-order valence-electron chi connectivity index (χ1n) is 4.61. The normalized spacial score (nSPS) is 25.9. The standard InChI is InChI=1S/C11H14O3/c1-4-5-9-7(2)11(6-10(9)13)14-8(3)12/h4,6-7,9H,1,5H2,2-3H3/t7-,9-/m0/s1. The lowest BCUT2D eigenvalue weighted by Gasteiger charge is -2.14. The smallest absolute Gasteiger partial charge is 0.307 e. The summed E-state index contributed by atoms with van der Waals surface area (Å²) in [6.45, 7) is 6.81. The van der Waals surface area contributed by atoms with Gasteiger partial charge in [-0.1, -0.05) is 13.0 Å². The van der Waals surface area contributed by atoms with E-state index in [9.17, 15) is 9.59 Å². The van der Waals surface area contributed by atoms with E-state index in [1.165, 1.54) is 13.0 Å². The molecule has 3 heteroatoms. The number of hydrogen-bond acceptors (Lipinski definition) is 3. The van der Waals surface area contributed by atoms with Crippen LogP contribution < -0.4 is 0 Å². The van der Waals surface area contributed by atoms with Gasteiger partial charge in [-0.25, -0.2) is 0 Å². The lowest BCUT2D eigenvalue weighted by molar-refractivity contribution is -0.137. The Hall–Kier alpha value is -1.38. The Labute approximate surface area is 83.4 Å². The number of hydrogen-bond donors (Lipinski definition) is 0. The molecule has 0 amide bonds. The predicted molar refractivity (Wildman–Crippen MR) is 52.3 cm³/mol. The highest BCUT2D eigenvalue weighted by Crippen LogP contribution is 2.32. The van der Waals surface area contributed by atoms with E-state index in [4.69, 9.17) is 4.74 Å². The molecule has 0 unspecified atom stereocenters. The number of carbonyl (C=O) groups excluding carboxylic acids is 2. The number of ether oxygens (including phenoxy) is 1. The first-order chi connectivity index (χ1) is 6.56. The molecule has 0 saturated carbocycles. The number of carbonyl (C=O) groups is 2. The summed E-state index contributed by atoms with van der Waals surface area (Å²) in [6.07, 6.45) is 3.76. The summed E-state index contributed by atoms with van der Waals surface area (Å²) in [7, 11) is 0. The predicted octanol–water partition coefficient (Wildman–Crippen LogP) is 1.84. The molecule has 0 spiro atoms. The van der Waals surface area contributed by atoms with Crippen molar-refractivity contribution in [2.24, 2.45) is 11.8 Å². The number of esters is 1. The third kappa shape index (κ3) is 2.10. The van der Waals surface area contributed by atoms with Crippen LogP contribution in [0.5, 0.6) is 0 Å². The lowest BCUT2D eigenvalue weighted by atomic mass is 9.92. The molecule has 14 heavy (non-hydrogen) atoms. The first kappa shape index (κ1) is 10.7. The van der Waals surface area contributed by atoms with E-state index >= 15 is 0 Å². The molecular formula is C11H14O3. The topological polar surface area (TPSA) is 43.4 Å². The highest BCUT2D eigenvalue weighted by molar-refractivity contribution is 5.95. The van der Waals surface area contributed by atoms with Crippen LogP contribution in [-0.4, -0.2) is 11.8 Å². The largest absolute Gasteiger partial charge is 0.431 e. The van der Waals surface area contributed by atoms with Gasteiger partial charge >= 0.3 is 5.97 Å². The molecule has 1 aliphatic rings. The fourth-order valence-electron chi connectivity index (χ4n) is 1.61. The van der Waals surface area contributed by atoms with Gasteiger partial charge in [0.05, 0.1) is 0 Å². The SMILES string of the molecule is C=CC[C@@H]1C(=O)C=C(OC(C)=O)[C@H]1C. The molecular weight excluding hydrogens is 180 g/mol. The monoisotopic (exact) mass is 194 g/mol. The first-order valence-corrected chi connectivity index (χ1v) is 4.61. The van der Waals surface area contributed by atoms with Gasteiger partial charge in [0.2, 0.25) is 0 Å². The van der Waals surface area contributed by atoms with Crippen LogP contribution in [0.25, 0.3) is 0 Å². The zero-order chi connectivity index (χ0) is 10.7. The van der Waals surface area contributed by atoms with Crippen molar-refractivity contribution >= 4 is 11.8 Å². The van der Waals surface area contributed by atoms with E-state index in [1.807, 2.05) is 6.92 Å². The number of rotatable bonds is 3. The zero-order valence-corrected chi connectivity index (χ0v) is 8.45. The zero-order valence-electron chi connectivity index (χ0n) is 8.45. The van der Waals surface area contributed by atoms with E-state index < -0.39 is 0 Å². The Balaban J connectivity index is 2.73. The van der Waals surface area contributed by atoms with Crippen molar-refractivity contribution in [1.82, 2.24) is 0 Å². The maximum absolute atomic E-state index is 11.5. The van der Waals surface area contributed by atoms with Crippen LogP contribution >= 0.6 is 0 Å². The summed E-state index contributed by atoms with van der Waals surface area (Å²) in [5.74, 6) is -0.00981. The van der Waals surface area contributed by atoms with Crippen LogP contribution in [-0.2, 0) is 14.3 Å². The molecule has 3 nitrogen and oxygen atoms in total. The van der Waals surface area contributed by atoms with Crippen LogP contribution in [0.3, 0.4) is 0 Å². The fourth-order valence-corrected chi connectivity index (χ4v) is 1.61. The minimum absolute atomic E-state index is 0.0219.